The standard InChI is InChI=1S/C21H22ClN3O3/c1-28-19-5-4-13(7-17(19)22)8-20(26)25-12-15-9-16(25)10-18(15)24-21(27)14-3-2-6-23-11-14/h2-7,11,15-16,18H,8-10,12H2,1H3,(H,24,27). The normalized spacial score (nSPS) is 22.9. The highest BCUT2D eigenvalue weighted by Crippen LogP contribution is 2.38. The van der Waals surface area contributed by atoms with Crippen molar-refractivity contribution in [1.29, 1.82) is 0 Å². The predicted molar refractivity (Wildman–Crippen MR) is 105 cm³/mol. The van der Waals surface area contributed by atoms with E-state index in [0.29, 0.717) is 35.2 Å². The van der Waals surface area contributed by atoms with Crippen molar-refractivity contribution in [3.8, 4) is 5.75 Å². The minimum Gasteiger partial charge on any atom is -0.495 e. The fraction of sp³-hybridized carbons (Fsp3) is 0.381. The maximum Gasteiger partial charge on any atom is 0.253 e. The van der Waals surface area contributed by atoms with Gasteiger partial charge in [-0.2, -0.15) is 0 Å². The van der Waals surface area contributed by atoms with Crippen LogP contribution in [0.15, 0.2) is 42.7 Å². The number of carbonyl (C=O) groups is 2. The van der Waals surface area contributed by atoms with Gasteiger partial charge in [0.05, 0.1) is 24.1 Å². The van der Waals surface area contributed by atoms with Gasteiger partial charge in [-0.05, 0) is 48.6 Å². The van der Waals surface area contributed by atoms with Gasteiger partial charge in [-0.3, -0.25) is 14.6 Å². The molecular formula is C21H22ClN3O3. The summed E-state index contributed by atoms with van der Waals surface area (Å²) in [4.78, 5) is 31.1. The van der Waals surface area contributed by atoms with Gasteiger partial charge in [-0.25, -0.2) is 0 Å². The number of nitrogens with one attached hydrogen (secondary N) is 1. The van der Waals surface area contributed by atoms with Crippen molar-refractivity contribution in [3.63, 3.8) is 0 Å². The topological polar surface area (TPSA) is 71.5 Å². The number of rotatable bonds is 5. The molecule has 1 aromatic carbocycles. The number of benzene rings is 1. The van der Waals surface area contributed by atoms with Crippen LogP contribution < -0.4 is 10.1 Å². The van der Waals surface area contributed by atoms with Crippen LogP contribution in [-0.2, 0) is 11.2 Å². The zero-order valence-corrected chi connectivity index (χ0v) is 16.4. The summed E-state index contributed by atoms with van der Waals surface area (Å²) in [5, 5.41) is 3.62. The largest absolute Gasteiger partial charge is 0.495 e. The molecule has 7 heteroatoms. The lowest BCUT2D eigenvalue weighted by atomic mass is 10.0. The van der Waals surface area contributed by atoms with Crippen LogP contribution >= 0.6 is 11.6 Å². The second kappa shape index (κ2) is 7.80. The first-order chi connectivity index (χ1) is 13.5. The second-order valence-corrected chi connectivity index (χ2v) is 7.81. The molecule has 3 unspecified atom stereocenters. The van der Waals surface area contributed by atoms with Crippen molar-refractivity contribution in [3.05, 3.63) is 58.9 Å². The Morgan fingerprint density at radius 2 is 2.18 bits per heavy atom. The summed E-state index contributed by atoms with van der Waals surface area (Å²) in [7, 11) is 1.57. The molecule has 2 aliphatic rings. The third kappa shape index (κ3) is 3.69. The molecular weight excluding hydrogens is 378 g/mol. The van der Waals surface area contributed by atoms with Crippen LogP contribution in [0.2, 0.25) is 5.02 Å². The van der Waals surface area contributed by atoms with Gasteiger partial charge in [-0.1, -0.05) is 17.7 Å². The van der Waals surface area contributed by atoms with Crippen molar-refractivity contribution in [2.75, 3.05) is 13.7 Å². The van der Waals surface area contributed by atoms with Crippen molar-refractivity contribution in [2.45, 2.75) is 31.3 Å². The first-order valence-corrected chi connectivity index (χ1v) is 9.75. The van der Waals surface area contributed by atoms with Crippen molar-refractivity contribution >= 4 is 23.4 Å². The summed E-state index contributed by atoms with van der Waals surface area (Å²) in [6, 6.07) is 9.23. The van der Waals surface area contributed by atoms with Gasteiger partial charge in [0, 0.05) is 31.0 Å². The Morgan fingerprint density at radius 1 is 1.32 bits per heavy atom. The fourth-order valence-electron chi connectivity index (χ4n) is 4.28. The number of piperidine rings is 1. The minimum absolute atomic E-state index is 0.101. The Hall–Kier alpha value is -2.60. The number of ether oxygens (including phenoxy) is 1. The molecule has 146 valence electrons. The van der Waals surface area contributed by atoms with Gasteiger partial charge in [0.15, 0.2) is 0 Å². The Labute approximate surface area is 168 Å². The van der Waals surface area contributed by atoms with Crippen molar-refractivity contribution in [1.82, 2.24) is 15.2 Å². The highest BCUT2D eigenvalue weighted by atomic mass is 35.5. The molecule has 1 aliphatic carbocycles. The van der Waals surface area contributed by atoms with E-state index in [1.54, 1.807) is 43.8 Å². The predicted octanol–water partition coefficient (Wildman–Crippen LogP) is 2.71. The van der Waals surface area contributed by atoms with E-state index in [4.69, 9.17) is 16.3 Å². The summed E-state index contributed by atoms with van der Waals surface area (Å²) in [5.41, 5.74) is 1.44. The Bertz CT molecular complexity index is 890. The average molecular weight is 400 g/mol. The van der Waals surface area contributed by atoms with Gasteiger partial charge >= 0.3 is 0 Å². The van der Waals surface area contributed by atoms with Gasteiger partial charge in [0.2, 0.25) is 5.91 Å². The van der Waals surface area contributed by atoms with Gasteiger partial charge in [0.1, 0.15) is 5.75 Å². The molecule has 2 heterocycles. The maximum absolute atomic E-state index is 12.8. The van der Waals surface area contributed by atoms with E-state index in [9.17, 15) is 9.59 Å². The molecule has 2 amide bonds. The molecule has 1 saturated heterocycles. The Morgan fingerprint density at radius 3 is 2.82 bits per heavy atom. The van der Waals surface area contributed by atoms with Crippen LogP contribution in [0, 0.1) is 5.92 Å². The number of hydrogen-bond donors (Lipinski definition) is 1. The summed E-state index contributed by atoms with van der Waals surface area (Å²) in [6.45, 7) is 0.686. The van der Waals surface area contributed by atoms with Gasteiger partial charge in [-0.15, -0.1) is 0 Å². The quantitative estimate of drug-likeness (QED) is 0.839. The van der Waals surface area contributed by atoms with E-state index in [1.165, 1.54) is 0 Å². The first kappa shape index (κ1) is 18.7. The number of hydrogen-bond acceptors (Lipinski definition) is 4. The summed E-state index contributed by atoms with van der Waals surface area (Å²) < 4.78 is 5.15. The number of carbonyl (C=O) groups excluding carboxylic acids is 2. The third-order valence-corrected chi connectivity index (χ3v) is 5.97. The van der Waals surface area contributed by atoms with E-state index in [1.807, 2.05) is 11.0 Å². The smallest absolute Gasteiger partial charge is 0.253 e. The molecule has 1 aromatic heterocycles. The van der Waals surface area contributed by atoms with Gasteiger partial charge in [0.25, 0.3) is 5.91 Å². The summed E-state index contributed by atoms with van der Waals surface area (Å²) in [6.07, 6.45) is 5.27. The molecule has 1 N–H and O–H groups in total. The van der Waals surface area contributed by atoms with Gasteiger partial charge < -0.3 is 15.0 Å². The zero-order valence-electron chi connectivity index (χ0n) is 15.6. The molecule has 28 heavy (non-hydrogen) atoms. The number of methoxy groups -OCH3 is 1. The second-order valence-electron chi connectivity index (χ2n) is 7.40. The van der Waals surface area contributed by atoms with E-state index >= 15 is 0 Å². The lowest BCUT2D eigenvalue weighted by molar-refractivity contribution is -0.132. The number of halogens is 1. The van der Waals surface area contributed by atoms with Crippen LogP contribution in [0.25, 0.3) is 0 Å². The van der Waals surface area contributed by atoms with E-state index < -0.39 is 0 Å². The number of amides is 2. The lowest BCUT2D eigenvalue weighted by Crippen LogP contribution is -2.48. The molecule has 0 radical (unpaired) electrons. The number of fused-ring (bicyclic) bond motifs is 2. The first-order valence-electron chi connectivity index (χ1n) is 9.38. The molecule has 6 nitrogen and oxygen atoms in total. The molecule has 2 bridgehead atoms. The molecule has 4 rings (SSSR count). The zero-order chi connectivity index (χ0) is 19.7. The lowest BCUT2D eigenvalue weighted by Gasteiger charge is -2.32. The van der Waals surface area contributed by atoms with Crippen LogP contribution in [0.4, 0.5) is 0 Å². The van der Waals surface area contributed by atoms with Crippen molar-refractivity contribution in [2.24, 2.45) is 5.92 Å². The minimum atomic E-state index is -0.101. The van der Waals surface area contributed by atoms with E-state index in [2.05, 4.69) is 10.3 Å². The fourth-order valence-corrected chi connectivity index (χ4v) is 4.56. The van der Waals surface area contributed by atoms with Crippen LogP contribution in [0.5, 0.6) is 5.75 Å². The number of nitrogens with zero attached hydrogens (tertiary/aromatic N) is 2. The third-order valence-electron chi connectivity index (χ3n) is 5.67. The molecule has 3 atom stereocenters. The molecule has 1 aliphatic heterocycles. The Kier molecular flexibility index (Phi) is 5.22. The number of pyridine rings is 1. The SMILES string of the molecule is COc1ccc(CC(=O)N2CC3CC2CC3NC(=O)c2cccnc2)cc1Cl. The van der Waals surface area contributed by atoms with E-state index in [0.717, 1.165) is 18.4 Å². The summed E-state index contributed by atoms with van der Waals surface area (Å²) in [5.74, 6) is 0.904. The highest BCUT2D eigenvalue weighted by molar-refractivity contribution is 6.32. The molecule has 2 fully saturated rings. The molecule has 1 saturated carbocycles. The van der Waals surface area contributed by atoms with E-state index in [-0.39, 0.29) is 23.9 Å². The van der Waals surface area contributed by atoms with Crippen molar-refractivity contribution < 1.29 is 14.3 Å². The average Bonchev–Trinajstić information content (AvgIpc) is 3.29. The molecule has 0 spiro atoms. The highest BCUT2D eigenvalue weighted by Gasteiger charge is 2.46. The molecule has 2 aromatic rings. The number of likely N-dealkylation sites (tertiary alicyclic amines) is 1. The summed E-state index contributed by atoms with van der Waals surface area (Å²) >= 11 is 6.16. The van der Waals surface area contributed by atoms with Crippen LogP contribution in [-0.4, -0.2) is 47.4 Å². The Balaban J connectivity index is 1.34. The van der Waals surface area contributed by atoms with Crippen LogP contribution in [0.3, 0.4) is 0 Å². The number of aromatic nitrogens is 1. The monoisotopic (exact) mass is 399 g/mol. The maximum atomic E-state index is 12.8. The van der Waals surface area contributed by atoms with Crippen LogP contribution in [0.1, 0.15) is 28.8 Å².